The van der Waals surface area contributed by atoms with Gasteiger partial charge in [0, 0.05) is 6.54 Å². The molecule has 3 rings (SSSR count). The lowest BCUT2D eigenvalue weighted by atomic mass is 10.1. The highest BCUT2D eigenvalue weighted by Gasteiger charge is 2.15. The molecule has 3 aromatic rings. The van der Waals surface area contributed by atoms with Gasteiger partial charge >= 0.3 is 0 Å². The molecular weight excluding hydrogens is 258 g/mol. The van der Waals surface area contributed by atoms with Crippen LogP contribution in [-0.2, 0) is 6.54 Å². The van der Waals surface area contributed by atoms with Crippen molar-refractivity contribution in [1.29, 1.82) is 0 Å². The number of imidazole rings is 1. The zero-order valence-corrected chi connectivity index (χ0v) is 12.6. The third-order valence-corrected chi connectivity index (χ3v) is 3.92. The van der Waals surface area contributed by atoms with E-state index >= 15 is 0 Å². The minimum absolute atomic E-state index is 0.0251. The Morgan fingerprint density at radius 3 is 2.52 bits per heavy atom. The number of fused-ring (bicyclic) bond motifs is 1. The van der Waals surface area contributed by atoms with Gasteiger partial charge in [-0.3, -0.25) is 0 Å². The first kappa shape index (κ1) is 13.8. The summed E-state index contributed by atoms with van der Waals surface area (Å²) in [6.45, 7) is 5.01. The van der Waals surface area contributed by atoms with E-state index in [2.05, 4.69) is 54.8 Å². The van der Waals surface area contributed by atoms with Gasteiger partial charge in [-0.2, -0.15) is 0 Å². The van der Waals surface area contributed by atoms with Gasteiger partial charge in [0.15, 0.2) is 0 Å². The lowest BCUT2D eigenvalue weighted by Crippen LogP contribution is -2.16. The number of rotatable bonds is 4. The Hall–Kier alpha value is -2.13. The molecule has 0 aliphatic carbocycles. The topological polar surface area (TPSA) is 43.8 Å². The highest BCUT2D eigenvalue weighted by Crippen LogP contribution is 2.22. The van der Waals surface area contributed by atoms with Gasteiger partial charge < -0.3 is 10.3 Å². The average Bonchev–Trinajstić information content (AvgIpc) is 2.88. The summed E-state index contributed by atoms with van der Waals surface area (Å²) < 4.78 is 2.24. The molecule has 0 fully saturated rings. The SMILES string of the molecule is CCC(N)c1nc2ccccc2n1Cc1ccc(C)cc1. The molecule has 2 aromatic carbocycles. The molecule has 3 heteroatoms. The predicted molar refractivity (Wildman–Crippen MR) is 87.2 cm³/mol. The van der Waals surface area contributed by atoms with Crippen molar-refractivity contribution in [2.24, 2.45) is 5.73 Å². The molecule has 0 amide bonds. The third kappa shape index (κ3) is 2.69. The Labute approximate surface area is 125 Å². The fourth-order valence-electron chi connectivity index (χ4n) is 2.60. The van der Waals surface area contributed by atoms with Crippen LogP contribution in [0.2, 0.25) is 0 Å². The Morgan fingerprint density at radius 2 is 1.81 bits per heavy atom. The van der Waals surface area contributed by atoms with E-state index in [1.165, 1.54) is 11.1 Å². The molecule has 0 saturated carbocycles. The maximum Gasteiger partial charge on any atom is 0.127 e. The molecule has 2 N–H and O–H groups in total. The van der Waals surface area contributed by atoms with E-state index in [9.17, 15) is 0 Å². The maximum atomic E-state index is 6.25. The zero-order chi connectivity index (χ0) is 14.8. The van der Waals surface area contributed by atoms with Crippen LogP contribution >= 0.6 is 0 Å². The van der Waals surface area contributed by atoms with Gasteiger partial charge in [-0.05, 0) is 31.0 Å². The second-order valence-electron chi connectivity index (χ2n) is 5.55. The normalized spacial score (nSPS) is 12.7. The highest BCUT2D eigenvalue weighted by atomic mass is 15.1. The summed E-state index contributed by atoms with van der Waals surface area (Å²) in [6, 6.07) is 16.8. The molecule has 1 atom stereocenters. The predicted octanol–water partition coefficient (Wildman–Crippen LogP) is 3.80. The lowest BCUT2D eigenvalue weighted by Gasteiger charge is -2.13. The molecule has 1 unspecified atom stereocenters. The molecule has 0 aliphatic rings. The minimum atomic E-state index is -0.0251. The molecular formula is C18H21N3. The quantitative estimate of drug-likeness (QED) is 0.789. The number of benzene rings is 2. The van der Waals surface area contributed by atoms with Crippen LogP contribution in [0, 0.1) is 6.92 Å². The highest BCUT2D eigenvalue weighted by molar-refractivity contribution is 5.76. The molecule has 0 bridgehead atoms. The average molecular weight is 279 g/mol. The number of para-hydroxylation sites is 2. The molecule has 0 spiro atoms. The molecule has 1 aromatic heterocycles. The van der Waals surface area contributed by atoms with E-state index in [0.717, 1.165) is 29.8 Å². The van der Waals surface area contributed by atoms with Gasteiger partial charge in [0.05, 0.1) is 17.1 Å². The Kier molecular flexibility index (Phi) is 3.76. The first-order chi connectivity index (χ1) is 10.2. The van der Waals surface area contributed by atoms with E-state index in [4.69, 9.17) is 10.7 Å². The summed E-state index contributed by atoms with van der Waals surface area (Å²) in [5.41, 5.74) is 11.0. The van der Waals surface area contributed by atoms with Crippen LogP contribution in [0.15, 0.2) is 48.5 Å². The van der Waals surface area contributed by atoms with Gasteiger partial charge in [0.25, 0.3) is 0 Å². The largest absolute Gasteiger partial charge is 0.322 e. The van der Waals surface area contributed by atoms with Crippen LogP contribution in [0.5, 0.6) is 0 Å². The maximum absolute atomic E-state index is 6.25. The number of nitrogens with zero attached hydrogens (tertiary/aromatic N) is 2. The zero-order valence-electron chi connectivity index (χ0n) is 12.6. The van der Waals surface area contributed by atoms with Crippen molar-refractivity contribution in [1.82, 2.24) is 9.55 Å². The first-order valence-electron chi connectivity index (χ1n) is 7.45. The van der Waals surface area contributed by atoms with Crippen LogP contribution < -0.4 is 5.73 Å². The van der Waals surface area contributed by atoms with Gasteiger partial charge in [0.2, 0.25) is 0 Å². The summed E-state index contributed by atoms with van der Waals surface area (Å²) in [7, 11) is 0. The Morgan fingerprint density at radius 1 is 1.10 bits per heavy atom. The fraction of sp³-hybridized carbons (Fsp3) is 0.278. The summed E-state index contributed by atoms with van der Waals surface area (Å²) in [6.07, 6.45) is 0.886. The number of aryl methyl sites for hydroxylation is 1. The fourth-order valence-corrected chi connectivity index (χ4v) is 2.60. The summed E-state index contributed by atoms with van der Waals surface area (Å²) in [4.78, 5) is 4.74. The second kappa shape index (κ2) is 5.70. The summed E-state index contributed by atoms with van der Waals surface area (Å²) in [5.74, 6) is 0.972. The van der Waals surface area contributed by atoms with E-state index in [1.807, 2.05) is 12.1 Å². The smallest absolute Gasteiger partial charge is 0.127 e. The van der Waals surface area contributed by atoms with Gasteiger partial charge in [-0.15, -0.1) is 0 Å². The van der Waals surface area contributed by atoms with Crippen LogP contribution in [-0.4, -0.2) is 9.55 Å². The van der Waals surface area contributed by atoms with E-state index in [0.29, 0.717) is 0 Å². The summed E-state index contributed by atoms with van der Waals surface area (Å²) in [5, 5.41) is 0. The lowest BCUT2D eigenvalue weighted by molar-refractivity contribution is 0.605. The summed E-state index contributed by atoms with van der Waals surface area (Å²) >= 11 is 0. The van der Waals surface area contributed by atoms with E-state index in [-0.39, 0.29) is 6.04 Å². The van der Waals surface area contributed by atoms with Crippen molar-refractivity contribution in [2.75, 3.05) is 0 Å². The van der Waals surface area contributed by atoms with Crippen molar-refractivity contribution in [3.8, 4) is 0 Å². The monoisotopic (exact) mass is 279 g/mol. The molecule has 1 heterocycles. The minimum Gasteiger partial charge on any atom is -0.322 e. The van der Waals surface area contributed by atoms with Crippen molar-refractivity contribution >= 4 is 11.0 Å². The molecule has 0 radical (unpaired) electrons. The molecule has 0 aliphatic heterocycles. The van der Waals surface area contributed by atoms with Gasteiger partial charge in [0.1, 0.15) is 5.82 Å². The van der Waals surface area contributed by atoms with E-state index in [1.54, 1.807) is 0 Å². The molecule has 0 saturated heterocycles. The number of aromatic nitrogens is 2. The molecule has 21 heavy (non-hydrogen) atoms. The van der Waals surface area contributed by atoms with Crippen molar-refractivity contribution < 1.29 is 0 Å². The van der Waals surface area contributed by atoms with Gasteiger partial charge in [-0.25, -0.2) is 4.98 Å². The number of hydrogen-bond acceptors (Lipinski definition) is 2. The van der Waals surface area contributed by atoms with Crippen molar-refractivity contribution in [3.63, 3.8) is 0 Å². The van der Waals surface area contributed by atoms with Gasteiger partial charge in [-0.1, -0.05) is 48.9 Å². The Balaban J connectivity index is 2.08. The number of hydrogen-bond donors (Lipinski definition) is 1. The van der Waals surface area contributed by atoms with Crippen LogP contribution in [0.1, 0.15) is 36.3 Å². The first-order valence-corrected chi connectivity index (χ1v) is 7.45. The van der Waals surface area contributed by atoms with E-state index < -0.39 is 0 Å². The Bertz CT molecular complexity index is 741. The van der Waals surface area contributed by atoms with Crippen molar-refractivity contribution in [3.05, 3.63) is 65.5 Å². The van der Waals surface area contributed by atoms with Crippen LogP contribution in [0.25, 0.3) is 11.0 Å². The third-order valence-electron chi connectivity index (χ3n) is 3.92. The molecule has 108 valence electrons. The number of nitrogens with two attached hydrogens (primary N) is 1. The second-order valence-corrected chi connectivity index (χ2v) is 5.55. The van der Waals surface area contributed by atoms with Crippen LogP contribution in [0.4, 0.5) is 0 Å². The van der Waals surface area contributed by atoms with Crippen molar-refractivity contribution in [2.45, 2.75) is 32.9 Å². The van der Waals surface area contributed by atoms with Crippen LogP contribution in [0.3, 0.4) is 0 Å². The molecule has 3 nitrogen and oxygen atoms in total. The standard InChI is InChI=1S/C18H21N3/c1-3-15(19)18-20-16-6-4-5-7-17(16)21(18)12-14-10-8-13(2)9-11-14/h4-11,15H,3,12,19H2,1-2H3.